The molecule has 0 amide bonds. The lowest BCUT2D eigenvalue weighted by Gasteiger charge is -2.24. The smallest absolute Gasteiger partial charge is 0.197 e. The first-order valence-electron chi connectivity index (χ1n) is 9.32. The molecule has 3 aromatic rings. The van der Waals surface area contributed by atoms with Crippen LogP contribution in [0, 0.1) is 17.5 Å². The highest BCUT2D eigenvalue weighted by Gasteiger charge is 2.37. The van der Waals surface area contributed by atoms with Gasteiger partial charge in [0, 0.05) is 29.7 Å². The summed E-state index contributed by atoms with van der Waals surface area (Å²) in [5, 5.41) is 29.6. The van der Waals surface area contributed by atoms with Crippen molar-refractivity contribution < 1.29 is 32.9 Å². The lowest BCUT2D eigenvalue weighted by atomic mass is 9.89. The molecule has 2 heterocycles. The Bertz CT molecular complexity index is 1270. The van der Waals surface area contributed by atoms with Crippen LogP contribution in [0.25, 0.3) is 22.3 Å². The van der Waals surface area contributed by atoms with Gasteiger partial charge in [0.05, 0.1) is 17.2 Å². The predicted octanol–water partition coefficient (Wildman–Crippen LogP) is 4.14. The molecule has 1 aliphatic rings. The Hall–Kier alpha value is -2.46. The van der Waals surface area contributed by atoms with Crippen molar-refractivity contribution in [2.24, 2.45) is 0 Å². The van der Waals surface area contributed by atoms with Gasteiger partial charge in [-0.15, -0.1) is 12.4 Å². The minimum Gasteiger partial charge on any atom is -0.507 e. The van der Waals surface area contributed by atoms with E-state index in [1.807, 2.05) is 4.90 Å². The standard InChI is InChI=1S/C21H17ClF3NO5.ClH/c1-26-3-2-8(11(26)7-27)16-12(28)5-13(29)17-14(30)6-15(31-21(16)17)9-4-10(22)19(24)20(25)18(9)23;/h4-6,8,11,27-29H,2-3,7H2,1H3;1H. The largest absolute Gasteiger partial charge is 0.507 e. The average molecular weight is 492 g/mol. The molecule has 172 valence electrons. The number of aromatic hydroxyl groups is 2. The molecule has 6 nitrogen and oxygen atoms in total. The minimum atomic E-state index is -1.83. The molecular weight excluding hydrogens is 474 g/mol. The van der Waals surface area contributed by atoms with Crippen molar-refractivity contribution in [2.75, 3.05) is 20.2 Å². The molecule has 1 aliphatic heterocycles. The monoisotopic (exact) mass is 491 g/mol. The number of likely N-dealkylation sites (tertiary alicyclic amines) is 1. The Morgan fingerprint density at radius 3 is 2.47 bits per heavy atom. The molecule has 1 fully saturated rings. The topological polar surface area (TPSA) is 94.1 Å². The second kappa shape index (κ2) is 8.82. The van der Waals surface area contributed by atoms with Crippen LogP contribution in [0.5, 0.6) is 11.5 Å². The van der Waals surface area contributed by atoms with Crippen molar-refractivity contribution in [2.45, 2.75) is 18.4 Å². The number of rotatable bonds is 3. The molecule has 11 heteroatoms. The third-order valence-electron chi connectivity index (χ3n) is 5.75. The van der Waals surface area contributed by atoms with Gasteiger partial charge in [-0.05, 0) is 26.1 Å². The molecule has 0 saturated carbocycles. The number of aliphatic hydroxyl groups excluding tert-OH is 1. The molecule has 4 rings (SSSR count). The number of phenolic OH excluding ortho intramolecular Hbond substituents is 2. The summed E-state index contributed by atoms with van der Waals surface area (Å²) in [5.41, 5.74) is -1.48. The first kappa shape index (κ1) is 24.2. The Balaban J connectivity index is 0.00000289. The van der Waals surface area contributed by atoms with E-state index in [0.29, 0.717) is 13.0 Å². The van der Waals surface area contributed by atoms with E-state index in [1.54, 1.807) is 7.05 Å². The lowest BCUT2D eigenvalue weighted by molar-refractivity contribution is 0.172. The second-order valence-electron chi connectivity index (χ2n) is 7.48. The van der Waals surface area contributed by atoms with Gasteiger partial charge in [-0.3, -0.25) is 4.79 Å². The second-order valence-corrected chi connectivity index (χ2v) is 7.89. The quantitative estimate of drug-likeness (QED) is 0.376. The van der Waals surface area contributed by atoms with Crippen molar-refractivity contribution in [1.82, 2.24) is 4.90 Å². The predicted molar refractivity (Wildman–Crippen MR) is 114 cm³/mol. The summed E-state index contributed by atoms with van der Waals surface area (Å²) in [6.07, 6.45) is 0.495. The third-order valence-corrected chi connectivity index (χ3v) is 6.02. The third kappa shape index (κ3) is 3.69. The fourth-order valence-electron chi connectivity index (χ4n) is 4.18. The summed E-state index contributed by atoms with van der Waals surface area (Å²) >= 11 is 5.62. The number of nitrogens with zero attached hydrogens (tertiary/aromatic N) is 1. The molecule has 2 atom stereocenters. The van der Waals surface area contributed by atoms with E-state index < -0.39 is 56.9 Å². The molecule has 2 aromatic carbocycles. The summed E-state index contributed by atoms with van der Waals surface area (Å²) in [7, 11) is 1.78. The Morgan fingerprint density at radius 2 is 1.81 bits per heavy atom. The fourth-order valence-corrected chi connectivity index (χ4v) is 4.37. The first-order valence-corrected chi connectivity index (χ1v) is 9.70. The summed E-state index contributed by atoms with van der Waals surface area (Å²) < 4.78 is 47.6. The molecule has 1 aromatic heterocycles. The van der Waals surface area contributed by atoms with Crippen LogP contribution in [0.4, 0.5) is 13.2 Å². The highest BCUT2D eigenvalue weighted by molar-refractivity contribution is 6.31. The van der Waals surface area contributed by atoms with E-state index in [2.05, 4.69) is 0 Å². The Labute approximate surface area is 190 Å². The molecule has 0 radical (unpaired) electrons. The van der Waals surface area contributed by atoms with Gasteiger partial charge in [0.15, 0.2) is 22.9 Å². The number of hydrogen-bond donors (Lipinski definition) is 3. The summed E-state index contributed by atoms with van der Waals surface area (Å²) in [6, 6.07) is 2.18. The first-order chi connectivity index (χ1) is 14.6. The van der Waals surface area contributed by atoms with E-state index in [9.17, 15) is 33.3 Å². The number of likely N-dealkylation sites (N-methyl/N-ethyl adjacent to an activating group) is 1. The molecule has 2 unspecified atom stereocenters. The summed E-state index contributed by atoms with van der Waals surface area (Å²) in [5.74, 6) is -6.91. The lowest BCUT2D eigenvalue weighted by Crippen LogP contribution is -2.32. The van der Waals surface area contributed by atoms with Gasteiger partial charge in [0.2, 0.25) is 0 Å². The van der Waals surface area contributed by atoms with Crippen molar-refractivity contribution >= 4 is 35.0 Å². The van der Waals surface area contributed by atoms with E-state index in [4.69, 9.17) is 16.0 Å². The number of aliphatic hydroxyl groups is 1. The van der Waals surface area contributed by atoms with E-state index in [-0.39, 0.29) is 41.3 Å². The van der Waals surface area contributed by atoms with Gasteiger partial charge in [-0.2, -0.15) is 0 Å². The van der Waals surface area contributed by atoms with Gasteiger partial charge in [-0.1, -0.05) is 11.6 Å². The molecule has 32 heavy (non-hydrogen) atoms. The minimum absolute atomic E-state index is 0. The van der Waals surface area contributed by atoms with Crippen molar-refractivity contribution in [3.63, 3.8) is 0 Å². The highest BCUT2D eigenvalue weighted by Crippen LogP contribution is 2.44. The number of halogens is 5. The normalized spacial score (nSPS) is 18.8. The van der Waals surface area contributed by atoms with Crippen molar-refractivity contribution in [3.8, 4) is 22.8 Å². The van der Waals surface area contributed by atoms with Gasteiger partial charge in [-0.25, -0.2) is 13.2 Å². The number of benzene rings is 2. The number of fused-ring (bicyclic) bond motifs is 1. The molecule has 3 N–H and O–H groups in total. The van der Waals surface area contributed by atoms with E-state index >= 15 is 0 Å². The van der Waals surface area contributed by atoms with Gasteiger partial charge in [0.1, 0.15) is 28.2 Å². The maximum Gasteiger partial charge on any atom is 0.197 e. The van der Waals surface area contributed by atoms with Crippen molar-refractivity contribution in [1.29, 1.82) is 0 Å². The summed E-state index contributed by atoms with van der Waals surface area (Å²) in [4.78, 5) is 14.6. The molecular formula is C21H18Cl2F3NO5. The van der Waals surface area contributed by atoms with Crippen LogP contribution >= 0.6 is 24.0 Å². The van der Waals surface area contributed by atoms with Crippen LogP contribution in [0.1, 0.15) is 17.9 Å². The van der Waals surface area contributed by atoms with Gasteiger partial charge >= 0.3 is 0 Å². The van der Waals surface area contributed by atoms with Crippen LogP contribution in [-0.2, 0) is 0 Å². The van der Waals surface area contributed by atoms with Crippen LogP contribution in [0.3, 0.4) is 0 Å². The van der Waals surface area contributed by atoms with Crippen LogP contribution < -0.4 is 5.43 Å². The molecule has 0 bridgehead atoms. The zero-order valence-electron chi connectivity index (χ0n) is 16.5. The van der Waals surface area contributed by atoms with Crippen LogP contribution in [0.15, 0.2) is 27.4 Å². The maximum absolute atomic E-state index is 14.4. The summed E-state index contributed by atoms with van der Waals surface area (Å²) in [6.45, 7) is 0.329. The van der Waals surface area contributed by atoms with E-state index in [0.717, 1.165) is 18.2 Å². The molecule has 0 spiro atoms. The Kier molecular flexibility index (Phi) is 6.67. The Morgan fingerprint density at radius 1 is 1.12 bits per heavy atom. The molecule has 1 saturated heterocycles. The van der Waals surface area contributed by atoms with E-state index in [1.165, 1.54) is 0 Å². The van der Waals surface area contributed by atoms with Crippen molar-refractivity contribution in [3.05, 3.63) is 56.5 Å². The fraction of sp³-hybridized carbons (Fsp3) is 0.286. The number of phenols is 2. The zero-order valence-corrected chi connectivity index (χ0v) is 18.1. The number of hydrogen-bond acceptors (Lipinski definition) is 6. The zero-order chi connectivity index (χ0) is 22.6. The molecule has 0 aliphatic carbocycles. The van der Waals surface area contributed by atoms with Crippen LogP contribution in [-0.4, -0.2) is 46.5 Å². The van der Waals surface area contributed by atoms with Gasteiger partial charge < -0.3 is 24.6 Å². The highest BCUT2D eigenvalue weighted by atomic mass is 35.5. The average Bonchev–Trinajstić information content (AvgIpc) is 3.08. The maximum atomic E-state index is 14.4. The van der Waals surface area contributed by atoms with Crippen LogP contribution in [0.2, 0.25) is 5.02 Å². The van der Waals surface area contributed by atoms with Gasteiger partial charge in [0.25, 0.3) is 0 Å². The SMILES string of the molecule is CN1CCC(c2c(O)cc(O)c3c(=O)cc(-c4cc(Cl)c(F)c(F)c4F)oc23)C1CO.Cl.